The fourth-order valence-electron chi connectivity index (χ4n) is 6.54. The highest BCUT2D eigenvalue weighted by atomic mass is 16.3. The Balaban J connectivity index is 1.35. The zero-order chi connectivity index (χ0) is 29.7. The fraction of sp³-hybridized carbons (Fsp3) is 0. The second-order valence-corrected chi connectivity index (χ2v) is 11.4. The topological polar surface area (TPSA) is 38.9 Å². The quantitative estimate of drug-likeness (QED) is 0.196. The maximum absolute atomic E-state index is 6.51. The number of hydrogen-bond acceptors (Lipinski definition) is 3. The third-order valence-electron chi connectivity index (χ3n) is 8.67. The van der Waals surface area contributed by atoms with E-state index < -0.39 is 0 Å². The van der Waals surface area contributed by atoms with Gasteiger partial charge >= 0.3 is 0 Å². The Morgan fingerprint density at radius 1 is 0.378 bits per heavy atom. The smallest absolute Gasteiger partial charge is 0.161 e. The van der Waals surface area contributed by atoms with Gasteiger partial charge in [-0.2, -0.15) is 0 Å². The lowest BCUT2D eigenvalue weighted by atomic mass is 9.93. The lowest BCUT2D eigenvalue weighted by Gasteiger charge is -2.13. The van der Waals surface area contributed by atoms with Crippen LogP contribution >= 0.6 is 0 Å². The summed E-state index contributed by atoms with van der Waals surface area (Å²) in [5.41, 5.74) is 8.79. The van der Waals surface area contributed by atoms with Crippen LogP contribution in [0.1, 0.15) is 0 Å². The first-order valence-corrected chi connectivity index (χ1v) is 15.2. The molecule has 7 aromatic carbocycles. The van der Waals surface area contributed by atoms with Gasteiger partial charge in [0.2, 0.25) is 0 Å². The molecular weight excluding hydrogens is 548 g/mol. The minimum Gasteiger partial charge on any atom is -0.456 e. The van der Waals surface area contributed by atoms with Crippen LogP contribution in [0.5, 0.6) is 0 Å². The van der Waals surface area contributed by atoms with Crippen molar-refractivity contribution in [1.29, 1.82) is 0 Å². The molecule has 9 aromatic rings. The van der Waals surface area contributed by atoms with Gasteiger partial charge in [0.05, 0.1) is 11.4 Å². The number of nitrogens with zero attached hydrogens (tertiary/aromatic N) is 2. The van der Waals surface area contributed by atoms with E-state index in [1.54, 1.807) is 0 Å². The Morgan fingerprint density at radius 2 is 1.02 bits per heavy atom. The van der Waals surface area contributed by atoms with Crippen LogP contribution in [-0.2, 0) is 0 Å². The molecule has 3 nitrogen and oxygen atoms in total. The van der Waals surface area contributed by atoms with Crippen LogP contribution in [0, 0.1) is 0 Å². The van der Waals surface area contributed by atoms with E-state index in [0.717, 1.165) is 66.4 Å². The molecule has 0 N–H and O–H groups in total. The zero-order valence-electron chi connectivity index (χ0n) is 24.3. The highest BCUT2D eigenvalue weighted by molar-refractivity contribution is 6.29. The number of hydrogen-bond donors (Lipinski definition) is 0. The molecule has 0 saturated carbocycles. The first-order valence-electron chi connectivity index (χ1n) is 15.2. The molecule has 0 bridgehead atoms. The molecule has 0 fully saturated rings. The molecule has 0 unspecified atom stereocenters. The molecule has 0 spiro atoms. The van der Waals surface area contributed by atoms with Crippen LogP contribution in [0.25, 0.3) is 88.5 Å². The van der Waals surface area contributed by atoms with Gasteiger partial charge in [-0.05, 0) is 51.6 Å². The molecular formula is C42H26N2O. The summed E-state index contributed by atoms with van der Waals surface area (Å²) < 4.78 is 6.51. The number of furan rings is 1. The SMILES string of the molecule is c1ccc(-c2cccc(-c3cc(-c4ccccc4)nc(-c4cc5oc6ccccc6c5c5c4ccc4ccccc45)n3)c2)cc1. The molecule has 0 atom stereocenters. The maximum atomic E-state index is 6.51. The van der Waals surface area contributed by atoms with E-state index in [1.807, 2.05) is 24.3 Å². The second-order valence-electron chi connectivity index (χ2n) is 11.4. The van der Waals surface area contributed by atoms with Gasteiger partial charge in [0.1, 0.15) is 11.2 Å². The predicted octanol–water partition coefficient (Wildman–Crippen LogP) is 11.4. The molecule has 0 aliphatic rings. The van der Waals surface area contributed by atoms with E-state index in [2.05, 4.69) is 133 Å². The standard InChI is InChI=1S/C42H26N2O/c1-3-12-27(13-4-1)30-17-11-18-31(24-30)37-26-36(29-15-5-2-6-16-29)43-42(44-37)35-25-39-41(34-20-9-10-21-38(34)45-39)40-32-19-8-7-14-28(32)22-23-33(35)40/h1-26H. The number of aromatic nitrogens is 2. The summed E-state index contributed by atoms with van der Waals surface area (Å²) in [5, 5.41) is 6.86. The minimum absolute atomic E-state index is 0.666. The van der Waals surface area contributed by atoms with Crippen molar-refractivity contribution in [2.75, 3.05) is 0 Å². The third kappa shape index (κ3) is 4.29. The summed E-state index contributed by atoms with van der Waals surface area (Å²) in [6, 6.07) is 54.8. The van der Waals surface area contributed by atoms with Crippen molar-refractivity contribution in [3.63, 3.8) is 0 Å². The molecule has 2 heterocycles. The molecule has 0 amide bonds. The predicted molar refractivity (Wildman–Crippen MR) is 186 cm³/mol. The van der Waals surface area contributed by atoms with Gasteiger partial charge in [-0.15, -0.1) is 0 Å². The number of benzene rings is 7. The van der Waals surface area contributed by atoms with Crippen LogP contribution in [0.2, 0.25) is 0 Å². The molecule has 2 aromatic heterocycles. The Kier molecular flexibility index (Phi) is 5.82. The van der Waals surface area contributed by atoms with Gasteiger partial charge in [0.15, 0.2) is 5.82 Å². The average Bonchev–Trinajstić information content (AvgIpc) is 3.50. The van der Waals surface area contributed by atoms with Gasteiger partial charge in [0.25, 0.3) is 0 Å². The van der Waals surface area contributed by atoms with E-state index in [9.17, 15) is 0 Å². The summed E-state index contributed by atoms with van der Waals surface area (Å²) in [6.07, 6.45) is 0. The van der Waals surface area contributed by atoms with Gasteiger partial charge in [-0.1, -0.05) is 133 Å². The second kappa shape index (κ2) is 10.3. The van der Waals surface area contributed by atoms with Gasteiger partial charge in [-0.3, -0.25) is 0 Å². The Labute approximate surface area is 260 Å². The summed E-state index contributed by atoms with van der Waals surface area (Å²) in [7, 11) is 0. The lowest BCUT2D eigenvalue weighted by Crippen LogP contribution is -1.97. The highest BCUT2D eigenvalue weighted by Gasteiger charge is 2.20. The highest BCUT2D eigenvalue weighted by Crippen LogP contribution is 2.43. The zero-order valence-corrected chi connectivity index (χ0v) is 24.3. The maximum Gasteiger partial charge on any atom is 0.161 e. The summed E-state index contributed by atoms with van der Waals surface area (Å²) in [5.74, 6) is 0.666. The van der Waals surface area contributed by atoms with Crippen LogP contribution < -0.4 is 0 Å². The van der Waals surface area contributed by atoms with Crippen molar-refractivity contribution in [3.8, 4) is 45.0 Å². The van der Waals surface area contributed by atoms with Crippen molar-refractivity contribution in [3.05, 3.63) is 158 Å². The number of para-hydroxylation sites is 1. The number of rotatable bonds is 4. The molecule has 45 heavy (non-hydrogen) atoms. The molecule has 9 rings (SSSR count). The Hall–Kier alpha value is -6.06. The average molecular weight is 575 g/mol. The van der Waals surface area contributed by atoms with Crippen LogP contribution in [0.3, 0.4) is 0 Å². The molecule has 3 heteroatoms. The van der Waals surface area contributed by atoms with Gasteiger partial charge in [-0.25, -0.2) is 9.97 Å². The lowest BCUT2D eigenvalue weighted by molar-refractivity contribution is 0.669. The van der Waals surface area contributed by atoms with E-state index in [1.165, 1.54) is 16.3 Å². The monoisotopic (exact) mass is 574 g/mol. The third-order valence-corrected chi connectivity index (χ3v) is 8.67. The molecule has 0 aliphatic heterocycles. The summed E-state index contributed by atoms with van der Waals surface area (Å²) in [4.78, 5) is 10.5. The van der Waals surface area contributed by atoms with E-state index in [4.69, 9.17) is 14.4 Å². The Morgan fingerprint density at radius 3 is 1.84 bits per heavy atom. The first-order chi connectivity index (χ1) is 22.3. The van der Waals surface area contributed by atoms with E-state index in [-0.39, 0.29) is 0 Å². The molecule has 210 valence electrons. The normalized spacial score (nSPS) is 11.6. The Bertz CT molecular complexity index is 2530. The van der Waals surface area contributed by atoms with Crippen molar-refractivity contribution >= 4 is 43.5 Å². The summed E-state index contributed by atoms with van der Waals surface area (Å²) >= 11 is 0. The van der Waals surface area contributed by atoms with Crippen molar-refractivity contribution in [2.24, 2.45) is 0 Å². The fourth-order valence-corrected chi connectivity index (χ4v) is 6.54. The van der Waals surface area contributed by atoms with Gasteiger partial charge < -0.3 is 4.42 Å². The minimum atomic E-state index is 0.666. The number of fused-ring (bicyclic) bond motifs is 7. The van der Waals surface area contributed by atoms with Crippen LogP contribution in [0.15, 0.2) is 162 Å². The molecule has 0 radical (unpaired) electrons. The van der Waals surface area contributed by atoms with E-state index >= 15 is 0 Å². The molecule has 0 aliphatic carbocycles. The first kappa shape index (κ1) is 25.4. The van der Waals surface area contributed by atoms with Crippen LogP contribution in [0.4, 0.5) is 0 Å². The van der Waals surface area contributed by atoms with Crippen LogP contribution in [-0.4, -0.2) is 9.97 Å². The molecule has 0 saturated heterocycles. The van der Waals surface area contributed by atoms with Gasteiger partial charge in [0, 0.05) is 32.8 Å². The van der Waals surface area contributed by atoms with Crippen molar-refractivity contribution in [2.45, 2.75) is 0 Å². The largest absolute Gasteiger partial charge is 0.456 e. The van der Waals surface area contributed by atoms with Crippen molar-refractivity contribution < 1.29 is 4.42 Å². The van der Waals surface area contributed by atoms with E-state index in [0.29, 0.717) is 5.82 Å². The summed E-state index contributed by atoms with van der Waals surface area (Å²) in [6.45, 7) is 0. The van der Waals surface area contributed by atoms with Crippen molar-refractivity contribution in [1.82, 2.24) is 9.97 Å².